The van der Waals surface area contributed by atoms with Gasteiger partial charge in [-0.25, -0.2) is 0 Å². The van der Waals surface area contributed by atoms with Crippen LogP contribution in [0.25, 0.3) is 0 Å². The van der Waals surface area contributed by atoms with Gasteiger partial charge in [-0.3, -0.25) is 0 Å². The van der Waals surface area contributed by atoms with E-state index in [1.54, 1.807) is 0 Å². The fourth-order valence-corrected chi connectivity index (χ4v) is 1.85. The molecule has 0 saturated heterocycles. The van der Waals surface area contributed by atoms with Crippen LogP contribution in [0.5, 0.6) is 0 Å². The first-order valence-corrected chi connectivity index (χ1v) is 6.00. The standard InChI is InChI=1S/C13H21ClN2/c1-10-5-6-12(7-13(10)14)8-15-11(2)9-16(3)4/h5-7,11,15H,8-9H2,1-4H3. The highest BCUT2D eigenvalue weighted by Crippen LogP contribution is 2.16. The van der Waals surface area contributed by atoms with Crippen LogP contribution in [0.15, 0.2) is 18.2 Å². The van der Waals surface area contributed by atoms with Gasteiger partial charge >= 0.3 is 0 Å². The predicted molar refractivity (Wildman–Crippen MR) is 71.0 cm³/mol. The van der Waals surface area contributed by atoms with E-state index in [2.05, 4.69) is 43.4 Å². The summed E-state index contributed by atoms with van der Waals surface area (Å²) < 4.78 is 0. The highest BCUT2D eigenvalue weighted by molar-refractivity contribution is 6.31. The molecule has 0 aromatic heterocycles. The number of aryl methyl sites for hydroxylation is 1. The van der Waals surface area contributed by atoms with Crippen LogP contribution in [-0.2, 0) is 6.54 Å². The zero-order chi connectivity index (χ0) is 12.1. The third kappa shape index (κ3) is 4.52. The van der Waals surface area contributed by atoms with Gasteiger partial charge in [0.05, 0.1) is 0 Å². The average Bonchev–Trinajstić information content (AvgIpc) is 2.19. The lowest BCUT2D eigenvalue weighted by molar-refractivity contribution is 0.349. The van der Waals surface area contributed by atoms with Crippen LogP contribution in [0.2, 0.25) is 5.02 Å². The molecule has 1 aromatic rings. The summed E-state index contributed by atoms with van der Waals surface area (Å²) >= 11 is 6.08. The minimum absolute atomic E-state index is 0.482. The zero-order valence-electron chi connectivity index (χ0n) is 10.5. The highest BCUT2D eigenvalue weighted by atomic mass is 35.5. The van der Waals surface area contributed by atoms with Crippen molar-refractivity contribution in [1.29, 1.82) is 0 Å². The Balaban J connectivity index is 2.45. The van der Waals surface area contributed by atoms with Crippen molar-refractivity contribution in [3.63, 3.8) is 0 Å². The Kier molecular flexibility index (Phi) is 5.26. The molecule has 3 heteroatoms. The minimum atomic E-state index is 0.482. The van der Waals surface area contributed by atoms with Gasteiger partial charge < -0.3 is 10.2 Å². The molecule has 90 valence electrons. The van der Waals surface area contributed by atoms with Crippen molar-refractivity contribution in [2.75, 3.05) is 20.6 Å². The summed E-state index contributed by atoms with van der Waals surface area (Å²) in [5, 5.41) is 4.32. The van der Waals surface area contributed by atoms with Crippen molar-refractivity contribution in [3.05, 3.63) is 34.3 Å². The molecular weight excluding hydrogens is 220 g/mol. The van der Waals surface area contributed by atoms with E-state index >= 15 is 0 Å². The zero-order valence-corrected chi connectivity index (χ0v) is 11.3. The first-order chi connectivity index (χ1) is 7.49. The van der Waals surface area contributed by atoms with Crippen LogP contribution < -0.4 is 5.32 Å². The van der Waals surface area contributed by atoms with E-state index in [0.29, 0.717) is 6.04 Å². The SMILES string of the molecule is Cc1ccc(CNC(C)CN(C)C)cc1Cl. The van der Waals surface area contributed by atoms with Gasteiger partial charge in [-0.05, 0) is 45.1 Å². The number of rotatable bonds is 5. The van der Waals surface area contributed by atoms with Gasteiger partial charge in [0.25, 0.3) is 0 Å². The number of hydrogen-bond donors (Lipinski definition) is 1. The molecule has 1 atom stereocenters. The quantitative estimate of drug-likeness (QED) is 0.852. The third-order valence-corrected chi connectivity index (χ3v) is 2.94. The Labute approximate surface area is 104 Å². The lowest BCUT2D eigenvalue weighted by Crippen LogP contribution is -2.35. The average molecular weight is 241 g/mol. The largest absolute Gasteiger partial charge is 0.309 e. The van der Waals surface area contributed by atoms with Gasteiger partial charge in [-0.2, -0.15) is 0 Å². The topological polar surface area (TPSA) is 15.3 Å². The van der Waals surface area contributed by atoms with Gasteiger partial charge in [0.1, 0.15) is 0 Å². The molecule has 0 fully saturated rings. The van der Waals surface area contributed by atoms with Gasteiger partial charge in [0, 0.05) is 24.2 Å². The molecule has 0 aliphatic heterocycles. The Morgan fingerprint density at radius 2 is 2.06 bits per heavy atom. The molecular formula is C13H21ClN2. The molecule has 0 saturated carbocycles. The first-order valence-electron chi connectivity index (χ1n) is 5.62. The molecule has 1 rings (SSSR count). The van der Waals surface area contributed by atoms with Crippen molar-refractivity contribution in [1.82, 2.24) is 10.2 Å². The summed E-state index contributed by atoms with van der Waals surface area (Å²) in [7, 11) is 4.17. The summed E-state index contributed by atoms with van der Waals surface area (Å²) in [6.45, 7) is 6.12. The maximum absolute atomic E-state index is 6.08. The molecule has 0 amide bonds. The smallest absolute Gasteiger partial charge is 0.0438 e. The predicted octanol–water partition coefficient (Wildman–Crippen LogP) is 2.69. The maximum atomic E-state index is 6.08. The van der Waals surface area contributed by atoms with E-state index in [1.807, 2.05) is 13.0 Å². The second-order valence-corrected chi connectivity index (χ2v) is 5.03. The summed E-state index contributed by atoms with van der Waals surface area (Å²) in [6.07, 6.45) is 0. The summed E-state index contributed by atoms with van der Waals surface area (Å²) in [5.41, 5.74) is 2.37. The van der Waals surface area contributed by atoms with E-state index < -0.39 is 0 Å². The van der Waals surface area contributed by atoms with Crippen LogP contribution in [-0.4, -0.2) is 31.6 Å². The molecule has 16 heavy (non-hydrogen) atoms. The summed E-state index contributed by atoms with van der Waals surface area (Å²) in [6, 6.07) is 6.70. The number of halogens is 1. The molecule has 0 aliphatic rings. The molecule has 0 heterocycles. The van der Waals surface area contributed by atoms with E-state index in [4.69, 9.17) is 11.6 Å². The molecule has 0 spiro atoms. The number of benzene rings is 1. The van der Waals surface area contributed by atoms with Crippen LogP contribution in [0.4, 0.5) is 0 Å². The van der Waals surface area contributed by atoms with Crippen molar-refractivity contribution in [2.45, 2.75) is 26.4 Å². The number of hydrogen-bond acceptors (Lipinski definition) is 2. The van der Waals surface area contributed by atoms with E-state index in [1.165, 1.54) is 5.56 Å². The summed E-state index contributed by atoms with van der Waals surface area (Å²) in [4.78, 5) is 2.18. The molecule has 2 nitrogen and oxygen atoms in total. The van der Waals surface area contributed by atoms with Crippen LogP contribution >= 0.6 is 11.6 Å². The Hall–Kier alpha value is -0.570. The molecule has 0 radical (unpaired) electrons. The molecule has 0 bridgehead atoms. The lowest BCUT2D eigenvalue weighted by atomic mass is 10.1. The monoisotopic (exact) mass is 240 g/mol. The molecule has 0 aliphatic carbocycles. The van der Waals surface area contributed by atoms with Crippen molar-refractivity contribution in [2.24, 2.45) is 0 Å². The van der Waals surface area contributed by atoms with Crippen molar-refractivity contribution < 1.29 is 0 Å². The number of nitrogens with zero attached hydrogens (tertiary/aromatic N) is 1. The van der Waals surface area contributed by atoms with Crippen LogP contribution in [0.3, 0.4) is 0 Å². The normalized spacial score (nSPS) is 13.1. The Morgan fingerprint density at radius 3 is 2.62 bits per heavy atom. The van der Waals surface area contributed by atoms with Crippen molar-refractivity contribution >= 4 is 11.6 Å². The van der Waals surface area contributed by atoms with Crippen LogP contribution in [0, 0.1) is 6.92 Å². The number of likely N-dealkylation sites (N-methyl/N-ethyl adjacent to an activating group) is 1. The molecule has 1 aromatic carbocycles. The molecule has 1 N–H and O–H groups in total. The summed E-state index contributed by atoms with van der Waals surface area (Å²) in [5.74, 6) is 0. The Morgan fingerprint density at radius 1 is 1.38 bits per heavy atom. The highest BCUT2D eigenvalue weighted by Gasteiger charge is 2.03. The van der Waals surface area contributed by atoms with Crippen molar-refractivity contribution in [3.8, 4) is 0 Å². The third-order valence-electron chi connectivity index (χ3n) is 2.53. The lowest BCUT2D eigenvalue weighted by Gasteiger charge is -2.18. The van der Waals surface area contributed by atoms with E-state index in [-0.39, 0.29) is 0 Å². The van der Waals surface area contributed by atoms with Gasteiger partial charge in [0.2, 0.25) is 0 Å². The first kappa shape index (κ1) is 13.5. The van der Waals surface area contributed by atoms with E-state index in [9.17, 15) is 0 Å². The number of nitrogens with one attached hydrogen (secondary N) is 1. The van der Waals surface area contributed by atoms with Gasteiger partial charge in [-0.1, -0.05) is 23.7 Å². The minimum Gasteiger partial charge on any atom is -0.309 e. The second-order valence-electron chi connectivity index (χ2n) is 4.63. The molecule has 1 unspecified atom stereocenters. The van der Waals surface area contributed by atoms with Gasteiger partial charge in [0.15, 0.2) is 0 Å². The van der Waals surface area contributed by atoms with Crippen LogP contribution in [0.1, 0.15) is 18.1 Å². The second kappa shape index (κ2) is 6.24. The van der Waals surface area contributed by atoms with Gasteiger partial charge in [-0.15, -0.1) is 0 Å². The van der Waals surface area contributed by atoms with E-state index in [0.717, 1.165) is 23.7 Å². The Bertz CT molecular complexity index is 337. The fraction of sp³-hybridized carbons (Fsp3) is 0.538. The fourth-order valence-electron chi connectivity index (χ4n) is 1.65. The maximum Gasteiger partial charge on any atom is 0.0438 e.